The summed E-state index contributed by atoms with van der Waals surface area (Å²) in [6, 6.07) is 9.91. The topological polar surface area (TPSA) is 197 Å². The highest BCUT2D eigenvalue weighted by Crippen LogP contribution is 2.34. The highest BCUT2D eigenvalue weighted by Gasteiger charge is 2.53. The van der Waals surface area contributed by atoms with E-state index in [-0.39, 0.29) is 30.5 Å². The maximum absolute atomic E-state index is 12.9. The number of fused-ring (bicyclic) bond motifs is 1. The monoisotopic (exact) mass is 649 g/mol. The Labute approximate surface area is 263 Å². The van der Waals surface area contributed by atoms with Gasteiger partial charge in [-0.15, -0.1) is 0 Å². The molecule has 0 bridgehead atoms. The fourth-order valence-electron chi connectivity index (χ4n) is 5.42. The lowest BCUT2D eigenvalue weighted by Crippen LogP contribution is -2.67. The number of phenolic OH excluding ortho intramolecular Hbond substituents is 1. The van der Waals surface area contributed by atoms with Gasteiger partial charge in [-0.05, 0) is 73.5 Å². The van der Waals surface area contributed by atoms with Crippen LogP contribution in [0.3, 0.4) is 0 Å². The van der Waals surface area contributed by atoms with E-state index < -0.39 is 67.1 Å². The Kier molecular flexibility index (Phi) is 10.3. The van der Waals surface area contributed by atoms with Gasteiger partial charge in [-0.2, -0.15) is 0 Å². The van der Waals surface area contributed by atoms with E-state index in [2.05, 4.69) is 5.32 Å². The number of hydrogen-bond acceptors (Lipinski definition) is 12. The minimum atomic E-state index is -1.49. The first kappa shape index (κ1) is 33.1. The van der Waals surface area contributed by atoms with Gasteiger partial charge < -0.3 is 59.6 Å². The van der Waals surface area contributed by atoms with Gasteiger partial charge in [0.2, 0.25) is 12.2 Å². The van der Waals surface area contributed by atoms with Crippen molar-refractivity contribution in [2.24, 2.45) is 0 Å². The predicted octanol–water partition coefficient (Wildman–Crippen LogP) is 0.622. The summed E-state index contributed by atoms with van der Waals surface area (Å²) >= 11 is 5.88. The molecule has 1 saturated carbocycles. The molecule has 2 aromatic carbocycles. The zero-order valence-corrected chi connectivity index (χ0v) is 25.2. The van der Waals surface area contributed by atoms with Crippen molar-refractivity contribution in [3.8, 4) is 17.2 Å². The first-order valence-electron chi connectivity index (χ1n) is 14.3. The van der Waals surface area contributed by atoms with E-state index in [0.29, 0.717) is 21.9 Å². The molecule has 5 rings (SSSR count). The Balaban J connectivity index is 1.18. The van der Waals surface area contributed by atoms with Gasteiger partial charge in [0, 0.05) is 10.6 Å². The molecule has 45 heavy (non-hydrogen) atoms. The molecule has 3 aliphatic rings. The Morgan fingerprint density at radius 1 is 0.956 bits per heavy atom. The first-order valence-corrected chi connectivity index (χ1v) is 14.6. The van der Waals surface area contributed by atoms with Crippen molar-refractivity contribution in [1.82, 2.24) is 5.32 Å². The third kappa shape index (κ3) is 7.27. The number of phenols is 1. The molecule has 13 nitrogen and oxygen atoms in total. The number of aliphatic hydroxyl groups is 5. The number of amides is 1. The van der Waals surface area contributed by atoms with Gasteiger partial charge in [0.25, 0.3) is 0 Å². The number of nitrogens with one attached hydrogen (secondary N) is 1. The van der Waals surface area contributed by atoms with Crippen LogP contribution in [0.5, 0.6) is 17.2 Å². The van der Waals surface area contributed by atoms with Gasteiger partial charge >= 0.3 is 0 Å². The summed E-state index contributed by atoms with van der Waals surface area (Å²) in [6.07, 6.45) is -7.72. The minimum absolute atomic E-state index is 0.0327. The summed E-state index contributed by atoms with van der Waals surface area (Å²) in [6.45, 7) is 3.25. The first-order chi connectivity index (χ1) is 21.4. The maximum Gasteiger partial charge on any atom is 0.247 e. The summed E-state index contributed by atoms with van der Waals surface area (Å²) in [4.78, 5) is 12.9. The van der Waals surface area contributed by atoms with E-state index in [1.807, 2.05) is 0 Å². The molecule has 0 spiro atoms. The Morgan fingerprint density at radius 2 is 1.64 bits per heavy atom. The average Bonchev–Trinajstić information content (AvgIpc) is 3.62. The van der Waals surface area contributed by atoms with Crippen molar-refractivity contribution >= 4 is 23.6 Å². The molecule has 3 fully saturated rings. The second kappa shape index (κ2) is 14.0. The van der Waals surface area contributed by atoms with Crippen LogP contribution in [0.4, 0.5) is 0 Å². The van der Waals surface area contributed by atoms with Crippen molar-refractivity contribution < 1.29 is 59.1 Å². The number of ether oxygens (including phenoxy) is 5. The minimum Gasteiger partial charge on any atom is -0.504 e. The number of carbonyl (C=O) groups excluding carboxylic acids is 1. The van der Waals surface area contributed by atoms with Crippen LogP contribution in [0.15, 0.2) is 59.7 Å². The largest absolute Gasteiger partial charge is 0.504 e. The van der Waals surface area contributed by atoms with E-state index in [4.69, 9.17) is 35.3 Å². The average molecular weight is 650 g/mol. The summed E-state index contributed by atoms with van der Waals surface area (Å²) in [5.41, 5.74) is 1.19. The zero-order chi connectivity index (χ0) is 32.4. The third-order valence-corrected chi connectivity index (χ3v) is 8.26. The highest BCUT2D eigenvalue weighted by atomic mass is 35.5. The van der Waals surface area contributed by atoms with E-state index in [1.165, 1.54) is 25.1 Å². The summed E-state index contributed by atoms with van der Waals surface area (Å²) in [5, 5.41) is 66.2. The molecular formula is C31H36ClNO12. The van der Waals surface area contributed by atoms with Crippen LogP contribution < -0.4 is 14.8 Å². The molecule has 0 aromatic heterocycles. The fourth-order valence-corrected chi connectivity index (χ4v) is 5.55. The van der Waals surface area contributed by atoms with E-state index >= 15 is 0 Å². The van der Waals surface area contributed by atoms with Crippen LogP contribution >= 0.6 is 11.6 Å². The lowest BCUT2D eigenvalue weighted by molar-refractivity contribution is -0.155. The second-order valence-corrected chi connectivity index (χ2v) is 11.6. The fraction of sp³-hybridized carbons (Fsp3) is 0.452. The Morgan fingerprint density at radius 3 is 2.33 bits per heavy atom. The molecule has 1 aliphatic carbocycles. The highest BCUT2D eigenvalue weighted by molar-refractivity contribution is 6.30. The van der Waals surface area contributed by atoms with Gasteiger partial charge in [-0.3, -0.25) is 4.79 Å². The number of hydrogen-bond donors (Lipinski definition) is 7. The number of benzene rings is 2. The number of halogens is 1. The van der Waals surface area contributed by atoms with Gasteiger partial charge in [-0.1, -0.05) is 17.7 Å². The smallest absolute Gasteiger partial charge is 0.247 e. The molecule has 0 radical (unpaired) electrons. The van der Waals surface area contributed by atoms with Crippen molar-refractivity contribution in [1.29, 1.82) is 0 Å². The normalized spacial score (nSPS) is 33.5. The third-order valence-electron chi connectivity index (χ3n) is 8.01. The molecule has 1 amide bonds. The van der Waals surface area contributed by atoms with Crippen molar-refractivity contribution in [2.45, 2.75) is 75.0 Å². The van der Waals surface area contributed by atoms with E-state index in [0.717, 1.165) is 0 Å². The predicted molar refractivity (Wildman–Crippen MR) is 158 cm³/mol. The van der Waals surface area contributed by atoms with Gasteiger partial charge in [0.1, 0.15) is 68.0 Å². The van der Waals surface area contributed by atoms with Crippen LogP contribution in [0.1, 0.15) is 19.4 Å². The molecule has 244 valence electrons. The lowest BCUT2D eigenvalue weighted by atomic mass is 9.83. The quantitative estimate of drug-likeness (QED) is 0.148. The van der Waals surface area contributed by atoms with Crippen molar-refractivity contribution in [2.75, 3.05) is 13.4 Å². The van der Waals surface area contributed by atoms with Crippen molar-refractivity contribution in [3.63, 3.8) is 0 Å². The van der Waals surface area contributed by atoms with Crippen LogP contribution in [0, 0.1) is 0 Å². The van der Waals surface area contributed by atoms with E-state index in [1.54, 1.807) is 43.3 Å². The van der Waals surface area contributed by atoms with Gasteiger partial charge in [0.15, 0.2) is 11.5 Å². The second-order valence-electron chi connectivity index (χ2n) is 11.1. The molecule has 2 aromatic rings. The number of carbonyl (C=O) groups is 1. The summed E-state index contributed by atoms with van der Waals surface area (Å²) in [7, 11) is 0. The zero-order valence-electron chi connectivity index (χ0n) is 24.4. The summed E-state index contributed by atoms with van der Waals surface area (Å²) in [5.74, 6) is -0.377. The van der Waals surface area contributed by atoms with Crippen molar-refractivity contribution in [3.05, 3.63) is 70.3 Å². The molecule has 7 N–H and O–H groups in total. The van der Waals surface area contributed by atoms with Gasteiger partial charge in [0.05, 0.1) is 6.04 Å². The maximum atomic E-state index is 12.9. The summed E-state index contributed by atoms with van der Waals surface area (Å²) < 4.78 is 27.6. The molecule has 0 unspecified atom stereocenters. The van der Waals surface area contributed by atoms with Crippen LogP contribution in [0.2, 0.25) is 5.02 Å². The van der Waals surface area contributed by atoms with Crippen LogP contribution in [-0.4, -0.2) is 111 Å². The molecule has 2 saturated heterocycles. The SMILES string of the molecule is CC(=Cc1ccc(O[C@@H]2O[C@H](C(C)=CCOc3ccc(Cl)cc3)[C@@H](O)[C@@H]2O)c(O)c1)C(=O)N[C@@H]1[C@H](O)[C@@H](O)[C@H]2OCO[C@H]2[C@@H]1O. The Hall–Kier alpha value is -3.24. The molecule has 14 heteroatoms. The molecule has 2 aliphatic heterocycles. The number of rotatable bonds is 9. The van der Waals surface area contributed by atoms with E-state index in [9.17, 15) is 35.4 Å². The van der Waals surface area contributed by atoms with Crippen LogP contribution in [-0.2, 0) is 19.0 Å². The number of aliphatic hydroxyl groups excluding tert-OH is 5. The Bertz CT molecular complexity index is 1420. The standard InChI is InChI=1S/C31H36ClNO12/c1-14(9-10-41-18-6-4-17(32)5-7-18)27-25(38)26(39)31(45-27)44-20-8-3-16(12-19(20)34)11-15(2)30(40)33-21-22(35)24(37)29-28(23(21)36)42-13-43-29/h3-9,11-12,21-29,31,34-39H,10,13H2,1-2H3,(H,33,40)/t21-,22+,23-,24-,25+,26+,27-,28+,29-,31-/m1/s1. The van der Waals surface area contributed by atoms with Crippen LogP contribution in [0.25, 0.3) is 6.08 Å². The molecule has 2 heterocycles. The number of aromatic hydroxyl groups is 1. The van der Waals surface area contributed by atoms with Gasteiger partial charge in [-0.25, -0.2) is 0 Å². The molecule has 10 atom stereocenters. The lowest BCUT2D eigenvalue weighted by Gasteiger charge is -2.41. The molecular weight excluding hydrogens is 614 g/mol.